The molecule has 1 aliphatic rings. The number of rotatable bonds is 5. The van der Waals surface area contributed by atoms with E-state index in [0.29, 0.717) is 6.42 Å². The number of aryl methyl sites for hydroxylation is 2. The van der Waals surface area contributed by atoms with Crippen LogP contribution in [0.3, 0.4) is 0 Å². The Labute approximate surface area is 140 Å². The van der Waals surface area contributed by atoms with Gasteiger partial charge in [0.2, 0.25) is 11.8 Å². The van der Waals surface area contributed by atoms with Crippen LogP contribution < -0.4 is 11.0 Å². The number of fused-ring (bicyclic) bond motifs is 1. The first-order valence-electron chi connectivity index (χ1n) is 8.56. The summed E-state index contributed by atoms with van der Waals surface area (Å²) in [5.41, 5.74) is 2.56. The molecule has 3 rings (SSSR count). The second-order valence-corrected chi connectivity index (χ2v) is 6.46. The van der Waals surface area contributed by atoms with Crippen molar-refractivity contribution in [3.05, 3.63) is 34.2 Å². The highest BCUT2D eigenvalue weighted by atomic mass is 16.2. The lowest BCUT2D eigenvalue weighted by Gasteiger charge is -2.21. The molecule has 0 spiro atoms. The van der Waals surface area contributed by atoms with Crippen molar-refractivity contribution in [3.63, 3.8) is 0 Å². The van der Waals surface area contributed by atoms with Crippen molar-refractivity contribution in [2.75, 3.05) is 0 Å². The number of amides is 2. The predicted molar refractivity (Wildman–Crippen MR) is 91.8 cm³/mol. The quantitative estimate of drug-likeness (QED) is 0.674. The third kappa shape index (κ3) is 2.88. The maximum Gasteiger partial charge on any atom is 0.329 e. The van der Waals surface area contributed by atoms with Crippen LogP contribution in [-0.4, -0.2) is 20.9 Å². The van der Waals surface area contributed by atoms with E-state index < -0.39 is 11.9 Å². The first-order valence-corrected chi connectivity index (χ1v) is 8.56. The second kappa shape index (κ2) is 6.63. The molecule has 1 N–H and O–H groups in total. The van der Waals surface area contributed by atoms with Gasteiger partial charge in [0.1, 0.15) is 6.04 Å². The smallest absolute Gasteiger partial charge is 0.295 e. The molecular weight excluding hydrogens is 306 g/mol. The van der Waals surface area contributed by atoms with E-state index in [1.165, 1.54) is 23.0 Å². The van der Waals surface area contributed by atoms with Gasteiger partial charge < -0.3 is 0 Å². The van der Waals surface area contributed by atoms with E-state index in [2.05, 4.69) is 12.2 Å². The van der Waals surface area contributed by atoms with Crippen LogP contribution in [-0.2, 0) is 23.1 Å². The van der Waals surface area contributed by atoms with Gasteiger partial charge in [-0.2, -0.15) is 0 Å². The van der Waals surface area contributed by atoms with Gasteiger partial charge in [0.25, 0.3) is 0 Å². The van der Waals surface area contributed by atoms with Gasteiger partial charge in [-0.05, 0) is 37.0 Å². The summed E-state index contributed by atoms with van der Waals surface area (Å²) >= 11 is 0. The Kier molecular flexibility index (Phi) is 4.55. The van der Waals surface area contributed by atoms with E-state index >= 15 is 0 Å². The summed E-state index contributed by atoms with van der Waals surface area (Å²) in [6.07, 6.45) is 5.10. The standard InChI is InChI=1S/C18H23N3O3/c1-3-4-5-6-12-7-8-13-15(11-12)20(2)18(24)21(13)14-9-10-16(22)19-17(14)23/h7-8,11,14H,3-6,9-10H2,1-2H3,(H,19,22,23). The van der Waals surface area contributed by atoms with Crippen molar-refractivity contribution in [1.82, 2.24) is 14.5 Å². The molecule has 24 heavy (non-hydrogen) atoms. The van der Waals surface area contributed by atoms with Gasteiger partial charge >= 0.3 is 5.69 Å². The van der Waals surface area contributed by atoms with Gasteiger partial charge in [0.05, 0.1) is 11.0 Å². The minimum Gasteiger partial charge on any atom is -0.295 e. The SMILES string of the molecule is CCCCCc1ccc2c(c1)n(C)c(=O)n2C1CCC(=O)NC1=O. The van der Waals surface area contributed by atoms with Crippen LogP contribution in [0.5, 0.6) is 0 Å². The van der Waals surface area contributed by atoms with Crippen LogP contribution in [0.2, 0.25) is 0 Å². The van der Waals surface area contributed by atoms with E-state index in [1.807, 2.05) is 18.2 Å². The molecule has 2 amide bonds. The van der Waals surface area contributed by atoms with E-state index in [0.717, 1.165) is 23.9 Å². The Morgan fingerprint density at radius 2 is 1.96 bits per heavy atom. The van der Waals surface area contributed by atoms with Crippen LogP contribution in [0.1, 0.15) is 50.6 Å². The van der Waals surface area contributed by atoms with E-state index in [1.54, 1.807) is 11.6 Å². The normalized spacial score (nSPS) is 18.2. The van der Waals surface area contributed by atoms with E-state index in [4.69, 9.17) is 0 Å². The molecule has 0 radical (unpaired) electrons. The number of nitrogens with one attached hydrogen (secondary N) is 1. The van der Waals surface area contributed by atoms with E-state index in [9.17, 15) is 14.4 Å². The highest BCUT2D eigenvalue weighted by Crippen LogP contribution is 2.24. The highest BCUT2D eigenvalue weighted by molar-refractivity contribution is 6.00. The molecule has 0 bridgehead atoms. The molecule has 1 unspecified atom stereocenters. The summed E-state index contributed by atoms with van der Waals surface area (Å²) in [5.74, 6) is -0.671. The number of imidazole rings is 1. The van der Waals surface area contributed by atoms with Crippen molar-refractivity contribution < 1.29 is 9.59 Å². The molecule has 1 aliphatic heterocycles. The minimum atomic E-state index is -0.621. The fraction of sp³-hybridized carbons (Fsp3) is 0.500. The lowest BCUT2D eigenvalue weighted by Crippen LogP contribution is -2.44. The topological polar surface area (TPSA) is 73.1 Å². The number of benzene rings is 1. The van der Waals surface area contributed by atoms with Gasteiger partial charge in [-0.1, -0.05) is 25.8 Å². The third-order valence-corrected chi connectivity index (χ3v) is 4.74. The van der Waals surface area contributed by atoms with Crippen LogP contribution in [0.25, 0.3) is 11.0 Å². The van der Waals surface area contributed by atoms with Gasteiger partial charge in [-0.25, -0.2) is 4.79 Å². The first-order chi connectivity index (χ1) is 11.5. The number of carbonyl (C=O) groups excluding carboxylic acids is 2. The zero-order valence-electron chi connectivity index (χ0n) is 14.2. The van der Waals surface area contributed by atoms with E-state index in [-0.39, 0.29) is 18.0 Å². The van der Waals surface area contributed by atoms with Crippen LogP contribution >= 0.6 is 0 Å². The number of imide groups is 1. The summed E-state index contributed by atoms with van der Waals surface area (Å²) in [7, 11) is 1.73. The van der Waals surface area contributed by atoms with Gasteiger partial charge in [0.15, 0.2) is 0 Å². The Morgan fingerprint density at radius 3 is 2.67 bits per heavy atom. The Morgan fingerprint density at radius 1 is 1.17 bits per heavy atom. The molecule has 0 saturated carbocycles. The van der Waals surface area contributed by atoms with Gasteiger partial charge in [0, 0.05) is 13.5 Å². The molecule has 2 heterocycles. The number of hydrogen-bond acceptors (Lipinski definition) is 3. The predicted octanol–water partition coefficient (Wildman–Crippen LogP) is 2.05. The third-order valence-electron chi connectivity index (χ3n) is 4.74. The fourth-order valence-corrected chi connectivity index (χ4v) is 3.37. The highest BCUT2D eigenvalue weighted by Gasteiger charge is 2.31. The lowest BCUT2D eigenvalue weighted by molar-refractivity contribution is -0.135. The Balaban J connectivity index is 2.00. The summed E-state index contributed by atoms with van der Waals surface area (Å²) in [5, 5.41) is 2.33. The number of hydrogen-bond donors (Lipinski definition) is 1. The Bertz CT molecular complexity index is 847. The molecule has 128 valence electrons. The average Bonchev–Trinajstić information content (AvgIpc) is 2.80. The van der Waals surface area contributed by atoms with Crippen molar-refractivity contribution >= 4 is 22.8 Å². The number of aromatic nitrogens is 2. The number of unbranched alkanes of at least 4 members (excludes halogenated alkanes) is 2. The summed E-state index contributed by atoms with van der Waals surface area (Å²) < 4.78 is 3.11. The molecule has 6 heteroatoms. The first kappa shape index (κ1) is 16.5. The summed E-state index contributed by atoms with van der Waals surface area (Å²) in [6, 6.07) is 5.36. The van der Waals surface area contributed by atoms with Crippen molar-refractivity contribution in [2.45, 2.75) is 51.5 Å². The second-order valence-electron chi connectivity index (χ2n) is 6.46. The summed E-state index contributed by atoms with van der Waals surface area (Å²) in [6.45, 7) is 2.17. The van der Waals surface area contributed by atoms with Crippen molar-refractivity contribution in [1.29, 1.82) is 0 Å². The number of carbonyl (C=O) groups is 2. The zero-order valence-corrected chi connectivity index (χ0v) is 14.2. The maximum absolute atomic E-state index is 12.6. The molecule has 1 aromatic heterocycles. The number of nitrogens with zero attached hydrogens (tertiary/aromatic N) is 2. The van der Waals surface area contributed by atoms with Gasteiger partial charge in [-0.15, -0.1) is 0 Å². The van der Waals surface area contributed by atoms with Crippen molar-refractivity contribution in [2.24, 2.45) is 7.05 Å². The fourth-order valence-electron chi connectivity index (χ4n) is 3.37. The zero-order chi connectivity index (χ0) is 17.3. The van der Waals surface area contributed by atoms with Crippen LogP contribution in [0.4, 0.5) is 0 Å². The van der Waals surface area contributed by atoms with Crippen LogP contribution in [0.15, 0.2) is 23.0 Å². The molecule has 6 nitrogen and oxygen atoms in total. The lowest BCUT2D eigenvalue weighted by atomic mass is 10.0. The Hall–Kier alpha value is -2.37. The number of piperidine rings is 1. The molecule has 0 aliphatic carbocycles. The molecule has 1 fully saturated rings. The molecule has 1 aromatic carbocycles. The van der Waals surface area contributed by atoms with Gasteiger partial charge in [-0.3, -0.25) is 24.0 Å². The molecule has 2 aromatic rings. The maximum atomic E-state index is 12.6. The minimum absolute atomic E-state index is 0.217. The van der Waals surface area contributed by atoms with Crippen molar-refractivity contribution in [3.8, 4) is 0 Å². The summed E-state index contributed by atoms with van der Waals surface area (Å²) in [4.78, 5) is 36.1. The van der Waals surface area contributed by atoms with Crippen LogP contribution in [0, 0.1) is 0 Å². The molecule has 1 saturated heterocycles. The molecule has 1 atom stereocenters. The average molecular weight is 329 g/mol. The molecular formula is C18H23N3O3. The largest absolute Gasteiger partial charge is 0.329 e. The monoisotopic (exact) mass is 329 g/mol.